The van der Waals surface area contributed by atoms with Crippen LogP contribution in [0.2, 0.25) is 0 Å². The van der Waals surface area contributed by atoms with Crippen LogP contribution < -0.4 is 0 Å². The Morgan fingerprint density at radius 2 is 1.92 bits per heavy atom. The zero-order valence-corrected chi connectivity index (χ0v) is 15.3. The molecule has 2 amide bonds. The van der Waals surface area contributed by atoms with Crippen molar-refractivity contribution in [3.63, 3.8) is 0 Å². The summed E-state index contributed by atoms with van der Waals surface area (Å²) in [6.07, 6.45) is 1.09. The van der Waals surface area contributed by atoms with E-state index in [9.17, 15) is 22.8 Å². The second-order valence-electron chi connectivity index (χ2n) is 6.94. The Bertz CT molecular complexity index is 452. The Morgan fingerprint density at radius 1 is 1.29 bits per heavy atom. The van der Waals surface area contributed by atoms with Crippen LogP contribution in [0.4, 0.5) is 18.0 Å². The lowest BCUT2D eigenvalue weighted by atomic mass is 9.97. The van der Waals surface area contributed by atoms with Crippen molar-refractivity contribution < 1.29 is 27.5 Å². The van der Waals surface area contributed by atoms with Gasteiger partial charge >= 0.3 is 11.6 Å². The van der Waals surface area contributed by atoms with Crippen LogP contribution in [0, 0.1) is 5.92 Å². The molecule has 1 aliphatic rings. The second kappa shape index (κ2) is 8.31. The second-order valence-corrected chi connectivity index (χ2v) is 7.98. The fraction of sp³-hybridized carbons (Fsp3) is 0.867. The Morgan fingerprint density at radius 3 is 2.46 bits per heavy atom. The third-order valence-electron chi connectivity index (χ3n) is 3.47. The van der Waals surface area contributed by atoms with Crippen molar-refractivity contribution in [3.05, 3.63) is 0 Å². The number of thioether (sulfide) groups is 1. The molecule has 0 aromatic rings. The van der Waals surface area contributed by atoms with Crippen molar-refractivity contribution in [1.29, 1.82) is 0 Å². The molecule has 0 aliphatic carbocycles. The van der Waals surface area contributed by atoms with Gasteiger partial charge in [0, 0.05) is 26.7 Å². The summed E-state index contributed by atoms with van der Waals surface area (Å²) in [5.74, 6) is -1.07. The number of hydrogen-bond acceptors (Lipinski definition) is 4. The van der Waals surface area contributed by atoms with E-state index in [0.717, 1.165) is 12.8 Å². The molecule has 1 unspecified atom stereocenters. The van der Waals surface area contributed by atoms with Gasteiger partial charge in [-0.25, -0.2) is 4.79 Å². The summed E-state index contributed by atoms with van der Waals surface area (Å²) in [5.41, 5.74) is -4.99. The summed E-state index contributed by atoms with van der Waals surface area (Å²) in [6, 6.07) is 0. The van der Waals surface area contributed by atoms with Crippen LogP contribution in [-0.4, -0.2) is 65.3 Å². The summed E-state index contributed by atoms with van der Waals surface area (Å²) < 4.78 is 41.8. The van der Waals surface area contributed by atoms with E-state index in [1.807, 2.05) is 0 Å². The first kappa shape index (κ1) is 20.9. The first-order valence-corrected chi connectivity index (χ1v) is 8.78. The van der Waals surface area contributed by atoms with E-state index in [-0.39, 0.29) is 17.7 Å². The number of likely N-dealkylation sites (tertiary alicyclic amines) is 1. The Labute approximate surface area is 144 Å². The number of rotatable bonds is 4. The summed E-state index contributed by atoms with van der Waals surface area (Å²) in [5, 5.41) is 0. The van der Waals surface area contributed by atoms with Crippen LogP contribution in [0.15, 0.2) is 0 Å². The molecule has 1 aliphatic heterocycles. The fourth-order valence-corrected chi connectivity index (χ4v) is 2.95. The maximum absolute atomic E-state index is 12.2. The number of halogens is 3. The quantitative estimate of drug-likeness (QED) is 0.762. The summed E-state index contributed by atoms with van der Waals surface area (Å²) in [7, 11) is 1.62. The molecule has 1 fully saturated rings. The lowest BCUT2D eigenvalue weighted by molar-refractivity contribution is -0.130. The Kier molecular flexibility index (Phi) is 7.25. The SMILES string of the molecule is CN(CC1CCCN(C(=O)CSC(F)(F)F)C1)C(=O)OC(C)(C)C. The highest BCUT2D eigenvalue weighted by atomic mass is 32.2. The molecular formula is C15H25F3N2O3S. The minimum Gasteiger partial charge on any atom is -0.444 e. The van der Waals surface area contributed by atoms with Crippen molar-refractivity contribution in [2.45, 2.75) is 44.7 Å². The van der Waals surface area contributed by atoms with E-state index in [1.165, 1.54) is 9.80 Å². The average Bonchev–Trinajstić information content (AvgIpc) is 2.42. The fourth-order valence-electron chi connectivity index (χ4n) is 2.48. The minimum absolute atomic E-state index is 0.0381. The zero-order chi connectivity index (χ0) is 18.5. The molecule has 1 heterocycles. The van der Waals surface area contributed by atoms with Gasteiger partial charge in [-0.15, -0.1) is 0 Å². The maximum atomic E-state index is 12.2. The van der Waals surface area contributed by atoms with E-state index in [4.69, 9.17) is 4.74 Å². The highest BCUT2D eigenvalue weighted by molar-refractivity contribution is 8.00. The summed E-state index contributed by atoms with van der Waals surface area (Å²) in [4.78, 5) is 26.8. The van der Waals surface area contributed by atoms with Crippen LogP contribution >= 0.6 is 11.8 Å². The van der Waals surface area contributed by atoms with Crippen LogP contribution in [0.5, 0.6) is 0 Å². The summed E-state index contributed by atoms with van der Waals surface area (Å²) in [6.45, 7) is 6.56. The van der Waals surface area contributed by atoms with E-state index in [2.05, 4.69) is 0 Å². The molecule has 24 heavy (non-hydrogen) atoms. The van der Waals surface area contributed by atoms with Crippen LogP contribution in [0.1, 0.15) is 33.6 Å². The topological polar surface area (TPSA) is 49.9 Å². The van der Waals surface area contributed by atoms with Gasteiger partial charge in [0.2, 0.25) is 5.91 Å². The molecule has 0 N–H and O–H groups in total. The van der Waals surface area contributed by atoms with E-state index >= 15 is 0 Å². The average molecular weight is 370 g/mol. The number of amides is 2. The molecule has 1 rings (SSSR count). The monoisotopic (exact) mass is 370 g/mol. The molecule has 0 aromatic heterocycles. The van der Waals surface area contributed by atoms with E-state index < -0.39 is 28.9 Å². The van der Waals surface area contributed by atoms with Crippen molar-refractivity contribution in [1.82, 2.24) is 9.80 Å². The number of piperidine rings is 1. The molecule has 1 atom stereocenters. The molecule has 0 aromatic carbocycles. The third kappa shape index (κ3) is 8.12. The molecule has 0 radical (unpaired) electrons. The van der Waals surface area contributed by atoms with E-state index in [1.54, 1.807) is 27.8 Å². The molecule has 0 bridgehead atoms. The van der Waals surface area contributed by atoms with Gasteiger partial charge in [0.1, 0.15) is 5.60 Å². The maximum Gasteiger partial charge on any atom is 0.442 e. The normalized spacial score (nSPS) is 19.1. The molecular weight excluding hydrogens is 345 g/mol. The van der Waals surface area contributed by atoms with Gasteiger partial charge in [0.05, 0.1) is 5.75 Å². The number of carbonyl (C=O) groups is 2. The van der Waals surface area contributed by atoms with Crippen molar-refractivity contribution in [3.8, 4) is 0 Å². The van der Waals surface area contributed by atoms with Crippen molar-refractivity contribution >= 4 is 23.8 Å². The Hall–Kier alpha value is -1.12. The van der Waals surface area contributed by atoms with Gasteiger partial charge in [-0.05, 0) is 51.3 Å². The number of alkyl halides is 3. The largest absolute Gasteiger partial charge is 0.444 e. The van der Waals surface area contributed by atoms with Gasteiger partial charge in [-0.3, -0.25) is 4.79 Å². The highest BCUT2D eigenvalue weighted by Crippen LogP contribution is 2.30. The molecule has 5 nitrogen and oxygen atoms in total. The number of carbonyl (C=O) groups excluding carboxylic acids is 2. The standard InChI is InChI=1S/C15H25F3N2O3S/c1-14(2,3)23-13(22)19(4)8-11-6-5-7-20(9-11)12(21)10-24-15(16,17)18/h11H,5-10H2,1-4H3. The lowest BCUT2D eigenvalue weighted by Gasteiger charge is -2.35. The molecule has 9 heteroatoms. The molecule has 140 valence electrons. The van der Waals surface area contributed by atoms with Crippen molar-refractivity contribution in [2.75, 3.05) is 32.4 Å². The number of hydrogen-bond donors (Lipinski definition) is 0. The van der Waals surface area contributed by atoms with Gasteiger partial charge in [0.15, 0.2) is 0 Å². The van der Waals surface area contributed by atoms with Gasteiger partial charge in [0.25, 0.3) is 0 Å². The first-order chi connectivity index (χ1) is 10.9. The molecule has 1 saturated heterocycles. The molecule has 0 saturated carbocycles. The van der Waals surface area contributed by atoms with Gasteiger partial charge in [-0.1, -0.05) is 0 Å². The predicted octanol–water partition coefficient (Wildman–Crippen LogP) is 3.34. The summed E-state index contributed by atoms with van der Waals surface area (Å²) >= 11 is -0.314. The lowest BCUT2D eigenvalue weighted by Crippen LogP contribution is -2.45. The van der Waals surface area contributed by atoms with Crippen LogP contribution in [0.25, 0.3) is 0 Å². The molecule has 0 spiro atoms. The predicted molar refractivity (Wildman–Crippen MR) is 86.7 cm³/mol. The van der Waals surface area contributed by atoms with Gasteiger partial charge < -0.3 is 14.5 Å². The highest BCUT2D eigenvalue weighted by Gasteiger charge is 2.32. The van der Waals surface area contributed by atoms with E-state index in [0.29, 0.717) is 19.6 Å². The zero-order valence-electron chi connectivity index (χ0n) is 14.5. The third-order valence-corrected chi connectivity index (χ3v) is 4.19. The number of ether oxygens (including phenoxy) is 1. The first-order valence-electron chi connectivity index (χ1n) is 7.80. The van der Waals surface area contributed by atoms with Crippen molar-refractivity contribution in [2.24, 2.45) is 5.92 Å². The minimum atomic E-state index is -4.40. The van der Waals surface area contributed by atoms with Crippen LogP contribution in [0.3, 0.4) is 0 Å². The van der Waals surface area contributed by atoms with Crippen LogP contribution in [-0.2, 0) is 9.53 Å². The van der Waals surface area contributed by atoms with Gasteiger partial charge in [-0.2, -0.15) is 13.2 Å². The number of nitrogens with zero attached hydrogens (tertiary/aromatic N) is 2. The smallest absolute Gasteiger partial charge is 0.442 e. The Balaban J connectivity index is 2.48.